The molecule has 2 amide bonds. The number of hydrogen-bond acceptors (Lipinski definition) is 8. The number of carbonyl (C=O) groups excluding carboxylic acids is 4. The van der Waals surface area contributed by atoms with Gasteiger partial charge in [-0.05, 0) is 54.4 Å². The minimum Gasteiger partial charge on any atom is -0.481 e. The topological polar surface area (TPSA) is 137 Å². The van der Waals surface area contributed by atoms with Gasteiger partial charge in [-0.3, -0.25) is 19.2 Å². The lowest BCUT2D eigenvalue weighted by atomic mass is 9.99. The van der Waals surface area contributed by atoms with Crippen molar-refractivity contribution < 1.29 is 43.3 Å². The van der Waals surface area contributed by atoms with Crippen LogP contribution >= 0.6 is 0 Å². The predicted octanol–water partition coefficient (Wildman–Crippen LogP) is 3.88. The Hall–Kier alpha value is -3.17. The van der Waals surface area contributed by atoms with Crippen LogP contribution in [0.15, 0.2) is 25.3 Å². The standard InChI is InChI=1S/C14H21NO5.C11H18O4/c1-5-6-10(9-11(16)20-14(2,3)4)12(17)15-7-8-19-13(15)18;1-5-6-8(10(13)14)7-9(12)15-11(2,3)4/h5,10H,1,6-9H2,2-4H3;5,8H,1,6-7H2,2-4H3,(H,13,14). The van der Waals surface area contributed by atoms with E-state index in [0.29, 0.717) is 6.42 Å². The molecule has 10 heteroatoms. The molecular formula is C25H39NO9. The molecule has 1 aliphatic rings. The molecule has 0 aromatic rings. The molecule has 0 aromatic carbocycles. The quantitative estimate of drug-likeness (QED) is 0.271. The molecule has 2 atom stereocenters. The summed E-state index contributed by atoms with van der Waals surface area (Å²) in [4.78, 5) is 58.5. The summed E-state index contributed by atoms with van der Waals surface area (Å²) in [7, 11) is 0. The fourth-order valence-corrected chi connectivity index (χ4v) is 2.93. The van der Waals surface area contributed by atoms with Gasteiger partial charge in [0.15, 0.2) is 0 Å². The maximum atomic E-state index is 12.2. The Balaban J connectivity index is 0.000000691. The minimum atomic E-state index is -0.999. The number of ether oxygens (including phenoxy) is 3. The maximum Gasteiger partial charge on any atom is 0.416 e. The first-order valence-corrected chi connectivity index (χ1v) is 11.4. The molecule has 35 heavy (non-hydrogen) atoms. The van der Waals surface area contributed by atoms with Crippen LogP contribution in [0.5, 0.6) is 0 Å². The van der Waals surface area contributed by atoms with Crippen LogP contribution in [0.25, 0.3) is 0 Å². The summed E-state index contributed by atoms with van der Waals surface area (Å²) in [5, 5.41) is 8.80. The Morgan fingerprint density at radius 1 is 0.943 bits per heavy atom. The van der Waals surface area contributed by atoms with Gasteiger partial charge in [-0.25, -0.2) is 9.69 Å². The zero-order valence-corrected chi connectivity index (χ0v) is 21.6. The molecule has 1 heterocycles. The van der Waals surface area contributed by atoms with Crippen LogP contribution in [0.1, 0.15) is 67.2 Å². The fraction of sp³-hybridized carbons (Fsp3) is 0.640. The monoisotopic (exact) mass is 497 g/mol. The first-order chi connectivity index (χ1) is 16.0. The van der Waals surface area contributed by atoms with Gasteiger partial charge in [0.1, 0.15) is 17.8 Å². The highest BCUT2D eigenvalue weighted by Gasteiger charge is 2.34. The number of hydrogen-bond donors (Lipinski definition) is 1. The third-order valence-corrected chi connectivity index (χ3v) is 4.29. The van der Waals surface area contributed by atoms with Crippen LogP contribution in [0.2, 0.25) is 0 Å². The molecule has 0 bridgehead atoms. The summed E-state index contributed by atoms with van der Waals surface area (Å²) in [6.07, 6.45) is 2.77. The molecule has 198 valence electrons. The zero-order chi connectivity index (χ0) is 27.4. The summed E-state index contributed by atoms with van der Waals surface area (Å²) in [6.45, 7) is 17.9. The summed E-state index contributed by atoms with van der Waals surface area (Å²) >= 11 is 0. The molecule has 1 saturated heterocycles. The van der Waals surface area contributed by atoms with Crippen molar-refractivity contribution in [3.63, 3.8) is 0 Å². The third kappa shape index (κ3) is 14.0. The summed E-state index contributed by atoms with van der Waals surface area (Å²) in [5.74, 6) is -3.76. The van der Waals surface area contributed by atoms with E-state index in [1.807, 2.05) is 0 Å². The highest BCUT2D eigenvalue weighted by molar-refractivity contribution is 5.95. The highest BCUT2D eigenvalue weighted by Crippen LogP contribution is 2.19. The predicted molar refractivity (Wildman–Crippen MR) is 128 cm³/mol. The van der Waals surface area contributed by atoms with Crippen LogP contribution in [-0.2, 0) is 33.4 Å². The normalized spacial score (nSPS) is 15.0. The lowest BCUT2D eigenvalue weighted by molar-refractivity contribution is -0.159. The Morgan fingerprint density at radius 3 is 1.71 bits per heavy atom. The van der Waals surface area contributed by atoms with Crippen LogP contribution < -0.4 is 0 Å². The number of rotatable bonds is 10. The molecule has 0 spiro atoms. The van der Waals surface area contributed by atoms with Crippen molar-refractivity contribution in [1.29, 1.82) is 0 Å². The maximum absolute atomic E-state index is 12.2. The van der Waals surface area contributed by atoms with E-state index < -0.39 is 52.9 Å². The first kappa shape index (κ1) is 31.8. The zero-order valence-electron chi connectivity index (χ0n) is 21.6. The molecule has 0 radical (unpaired) electrons. The second-order valence-electron chi connectivity index (χ2n) is 9.97. The number of nitrogens with zero attached hydrogens (tertiary/aromatic N) is 1. The Morgan fingerprint density at radius 2 is 1.37 bits per heavy atom. The third-order valence-electron chi connectivity index (χ3n) is 4.29. The van der Waals surface area contributed by atoms with Gasteiger partial charge in [-0.1, -0.05) is 12.2 Å². The van der Waals surface area contributed by atoms with Gasteiger partial charge in [-0.2, -0.15) is 0 Å². The molecule has 1 N–H and O–H groups in total. The Bertz CT molecular complexity index is 790. The molecule has 10 nitrogen and oxygen atoms in total. The first-order valence-electron chi connectivity index (χ1n) is 11.4. The smallest absolute Gasteiger partial charge is 0.416 e. The SMILES string of the molecule is C=CCC(CC(=O)OC(C)(C)C)C(=O)N1CCOC1=O.C=CCC(CC(=O)OC(C)(C)C)C(=O)O. The van der Waals surface area contributed by atoms with Crippen molar-refractivity contribution in [2.75, 3.05) is 13.2 Å². The number of aliphatic carboxylic acids is 1. The number of cyclic esters (lactones) is 1. The van der Waals surface area contributed by atoms with Crippen LogP contribution in [0, 0.1) is 11.8 Å². The van der Waals surface area contributed by atoms with Crippen LogP contribution in [-0.4, -0.2) is 64.3 Å². The summed E-state index contributed by atoms with van der Waals surface area (Å²) < 4.78 is 14.9. The molecule has 2 unspecified atom stereocenters. The highest BCUT2D eigenvalue weighted by atomic mass is 16.6. The number of carboxylic acids is 1. The molecule has 1 rings (SSSR count). The average Bonchev–Trinajstić information content (AvgIpc) is 3.10. The molecule has 0 saturated carbocycles. The van der Waals surface area contributed by atoms with Gasteiger partial charge >= 0.3 is 24.0 Å². The lowest BCUT2D eigenvalue weighted by Crippen LogP contribution is -2.38. The summed E-state index contributed by atoms with van der Waals surface area (Å²) in [6, 6.07) is 0. The van der Waals surface area contributed by atoms with Gasteiger partial charge in [0.25, 0.3) is 0 Å². The van der Waals surface area contributed by atoms with Crippen LogP contribution in [0.4, 0.5) is 4.79 Å². The van der Waals surface area contributed by atoms with Crippen molar-refractivity contribution in [3.05, 3.63) is 25.3 Å². The number of amides is 2. The fourth-order valence-electron chi connectivity index (χ4n) is 2.93. The van der Waals surface area contributed by atoms with Crippen molar-refractivity contribution in [3.8, 4) is 0 Å². The van der Waals surface area contributed by atoms with E-state index in [0.717, 1.165) is 4.90 Å². The van der Waals surface area contributed by atoms with Gasteiger partial charge in [-0.15, -0.1) is 13.2 Å². The summed E-state index contributed by atoms with van der Waals surface area (Å²) in [5.41, 5.74) is -1.18. The number of carboxylic acid groups (broad SMARTS) is 1. The van der Waals surface area contributed by atoms with Gasteiger partial charge in [0.05, 0.1) is 31.2 Å². The minimum absolute atomic E-state index is 0.0775. The van der Waals surface area contributed by atoms with Crippen molar-refractivity contribution in [1.82, 2.24) is 4.90 Å². The van der Waals surface area contributed by atoms with Crippen molar-refractivity contribution >= 4 is 29.9 Å². The number of allylic oxidation sites excluding steroid dienone is 2. The molecular weight excluding hydrogens is 458 g/mol. The van der Waals surface area contributed by atoms with E-state index in [1.165, 1.54) is 6.08 Å². The van der Waals surface area contributed by atoms with Crippen LogP contribution in [0.3, 0.4) is 0 Å². The van der Waals surface area contributed by atoms with E-state index in [4.69, 9.17) is 19.3 Å². The van der Waals surface area contributed by atoms with E-state index in [-0.39, 0.29) is 32.4 Å². The second-order valence-corrected chi connectivity index (χ2v) is 9.97. The van der Waals surface area contributed by atoms with E-state index >= 15 is 0 Å². The van der Waals surface area contributed by atoms with Gasteiger partial charge in [0.2, 0.25) is 5.91 Å². The lowest BCUT2D eigenvalue weighted by Gasteiger charge is -2.22. The Kier molecular flexibility index (Phi) is 13.0. The molecule has 0 aliphatic carbocycles. The number of imide groups is 1. The van der Waals surface area contributed by atoms with Gasteiger partial charge in [0, 0.05) is 0 Å². The second kappa shape index (κ2) is 14.3. The molecule has 0 aromatic heterocycles. The van der Waals surface area contributed by atoms with Crippen molar-refractivity contribution in [2.24, 2.45) is 11.8 Å². The average molecular weight is 498 g/mol. The van der Waals surface area contributed by atoms with Crippen molar-refractivity contribution in [2.45, 2.75) is 78.4 Å². The molecule has 1 fully saturated rings. The number of esters is 2. The largest absolute Gasteiger partial charge is 0.481 e. The van der Waals surface area contributed by atoms with Gasteiger partial charge < -0.3 is 19.3 Å². The van der Waals surface area contributed by atoms with E-state index in [2.05, 4.69) is 13.2 Å². The Labute approximate surface area is 207 Å². The van der Waals surface area contributed by atoms with E-state index in [1.54, 1.807) is 47.6 Å². The van der Waals surface area contributed by atoms with E-state index in [9.17, 15) is 24.0 Å². The number of carbonyl (C=O) groups is 5. The molecule has 1 aliphatic heterocycles.